The molecule has 1 saturated carbocycles. The van der Waals surface area contributed by atoms with Gasteiger partial charge in [-0.15, -0.1) is 12.4 Å². The predicted octanol–water partition coefficient (Wildman–Crippen LogP) is 3.22. The number of piperidine rings is 1. The minimum absolute atomic E-state index is 0. The lowest BCUT2D eigenvalue weighted by atomic mass is 9.75. The summed E-state index contributed by atoms with van der Waals surface area (Å²) in [5, 5.41) is 3.43. The summed E-state index contributed by atoms with van der Waals surface area (Å²) in [4.78, 5) is 14.7. The molecule has 0 unspecified atom stereocenters. The minimum Gasteiger partial charge on any atom is -0.343 e. The lowest BCUT2D eigenvalue weighted by molar-refractivity contribution is -0.138. The molecule has 1 aliphatic carbocycles. The van der Waals surface area contributed by atoms with Gasteiger partial charge >= 0.3 is 0 Å². The first-order chi connectivity index (χ1) is 8.89. The zero-order chi connectivity index (χ0) is 14.0. The summed E-state index contributed by atoms with van der Waals surface area (Å²) in [6, 6.07) is 0.965. The fourth-order valence-corrected chi connectivity index (χ4v) is 3.60. The number of nitrogens with one attached hydrogen (secondary N) is 1. The maximum atomic E-state index is 12.6. The molecule has 0 aromatic carbocycles. The molecule has 0 aromatic heterocycles. The Kier molecular flexibility index (Phi) is 6.33. The smallest absolute Gasteiger partial charge is 0.225 e. The summed E-state index contributed by atoms with van der Waals surface area (Å²) in [5.41, 5.74) is 0.476. The van der Waals surface area contributed by atoms with E-state index in [1.165, 1.54) is 25.7 Å². The molecule has 1 amide bonds. The van der Waals surface area contributed by atoms with Crippen LogP contribution in [0.5, 0.6) is 0 Å². The maximum absolute atomic E-state index is 12.6. The van der Waals surface area contributed by atoms with Crippen molar-refractivity contribution in [3.8, 4) is 0 Å². The van der Waals surface area contributed by atoms with Gasteiger partial charge in [-0.1, -0.05) is 13.8 Å². The van der Waals surface area contributed by atoms with Gasteiger partial charge in [-0.2, -0.15) is 0 Å². The van der Waals surface area contributed by atoms with Gasteiger partial charge in [-0.3, -0.25) is 4.79 Å². The van der Waals surface area contributed by atoms with Crippen LogP contribution in [0, 0.1) is 11.3 Å². The molecule has 1 aliphatic heterocycles. The first-order valence-corrected chi connectivity index (χ1v) is 7.89. The molecule has 4 heteroatoms. The molecular weight excluding hydrogens is 272 g/mol. The normalized spacial score (nSPS) is 30.4. The molecule has 0 aromatic rings. The Hall–Kier alpha value is -0.280. The maximum Gasteiger partial charge on any atom is 0.225 e. The molecule has 1 saturated heterocycles. The Bertz CT molecular complexity index is 322. The Balaban J connectivity index is 0.00000200. The van der Waals surface area contributed by atoms with Gasteiger partial charge in [0.15, 0.2) is 0 Å². The van der Waals surface area contributed by atoms with Crippen LogP contribution < -0.4 is 5.32 Å². The molecule has 118 valence electrons. The lowest BCUT2D eigenvalue weighted by Crippen LogP contribution is -2.47. The molecule has 0 bridgehead atoms. The van der Waals surface area contributed by atoms with E-state index >= 15 is 0 Å². The standard InChI is InChI=1S/C16H30N2O.ClH/c1-12-11-13(7-10-17-12)15(19)18(4)14-5-8-16(2,3)9-6-14;/h12-14,17H,5-11H2,1-4H3;1H/t12-,13-;/m0./s1. The van der Waals surface area contributed by atoms with Gasteiger partial charge in [0.1, 0.15) is 0 Å². The Labute approximate surface area is 130 Å². The van der Waals surface area contributed by atoms with Gasteiger partial charge in [0.05, 0.1) is 0 Å². The molecule has 2 rings (SSSR count). The van der Waals surface area contributed by atoms with Crippen molar-refractivity contribution in [1.82, 2.24) is 10.2 Å². The largest absolute Gasteiger partial charge is 0.343 e. The Morgan fingerprint density at radius 1 is 1.20 bits per heavy atom. The Morgan fingerprint density at radius 3 is 2.35 bits per heavy atom. The molecule has 2 fully saturated rings. The van der Waals surface area contributed by atoms with Crippen LogP contribution >= 0.6 is 12.4 Å². The van der Waals surface area contributed by atoms with Gasteiger partial charge in [-0.05, 0) is 57.4 Å². The number of rotatable bonds is 2. The quantitative estimate of drug-likeness (QED) is 0.849. The van der Waals surface area contributed by atoms with Gasteiger partial charge < -0.3 is 10.2 Å². The van der Waals surface area contributed by atoms with Crippen molar-refractivity contribution < 1.29 is 4.79 Å². The third kappa shape index (κ3) is 4.36. The predicted molar refractivity (Wildman–Crippen MR) is 86.2 cm³/mol. The van der Waals surface area contributed by atoms with Crippen molar-refractivity contribution in [2.45, 2.75) is 71.4 Å². The SMILES string of the molecule is C[C@H]1C[C@@H](C(=O)N(C)C2CCC(C)(C)CC2)CCN1.Cl. The highest BCUT2D eigenvalue weighted by Gasteiger charge is 2.33. The molecule has 3 nitrogen and oxygen atoms in total. The van der Waals surface area contributed by atoms with Crippen LogP contribution in [0.2, 0.25) is 0 Å². The summed E-state index contributed by atoms with van der Waals surface area (Å²) in [6.07, 6.45) is 6.86. The lowest BCUT2D eigenvalue weighted by Gasteiger charge is -2.40. The van der Waals surface area contributed by atoms with E-state index in [1.54, 1.807) is 0 Å². The molecule has 2 aliphatic rings. The van der Waals surface area contributed by atoms with E-state index in [-0.39, 0.29) is 18.3 Å². The van der Waals surface area contributed by atoms with Gasteiger partial charge in [0, 0.05) is 25.0 Å². The molecule has 20 heavy (non-hydrogen) atoms. The first kappa shape index (κ1) is 17.8. The fourth-order valence-electron chi connectivity index (χ4n) is 3.60. The number of halogens is 1. The molecule has 1 N–H and O–H groups in total. The molecule has 0 spiro atoms. The van der Waals surface area contributed by atoms with Crippen LogP contribution in [0.1, 0.15) is 59.3 Å². The monoisotopic (exact) mass is 302 g/mol. The van der Waals surface area contributed by atoms with Gasteiger partial charge in [-0.25, -0.2) is 0 Å². The second-order valence-corrected chi connectivity index (χ2v) is 7.42. The number of carbonyl (C=O) groups is 1. The number of hydrogen-bond donors (Lipinski definition) is 1. The molecule has 2 atom stereocenters. The van der Waals surface area contributed by atoms with Gasteiger partial charge in [0.25, 0.3) is 0 Å². The molecular formula is C16H31ClN2O. The van der Waals surface area contributed by atoms with Crippen molar-refractivity contribution >= 4 is 18.3 Å². The van der Waals surface area contributed by atoms with Crippen molar-refractivity contribution in [3.63, 3.8) is 0 Å². The third-order valence-electron chi connectivity index (χ3n) is 5.18. The summed E-state index contributed by atoms with van der Waals surface area (Å²) in [5.74, 6) is 0.634. The van der Waals surface area contributed by atoms with E-state index in [1.807, 2.05) is 7.05 Å². The molecule has 1 heterocycles. The average Bonchev–Trinajstić information content (AvgIpc) is 2.37. The van der Waals surface area contributed by atoms with Crippen LogP contribution in [0.3, 0.4) is 0 Å². The topological polar surface area (TPSA) is 32.3 Å². The van der Waals surface area contributed by atoms with Gasteiger partial charge in [0.2, 0.25) is 5.91 Å². The number of amides is 1. The second kappa shape index (κ2) is 7.13. The molecule has 0 radical (unpaired) electrons. The fraction of sp³-hybridized carbons (Fsp3) is 0.938. The van der Waals surface area contributed by atoms with E-state index in [4.69, 9.17) is 0 Å². The highest BCUT2D eigenvalue weighted by Crippen LogP contribution is 2.37. The first-order valence-electron chi connectivity index (χ1n) is 7.89. The van der Waals surface area contributed by atoms with Crippen LogP contribution in [0.15, 0.2) is 0 Å². The van der Waals surface area contributed by atoms with Crippen LogP contribution in [-0.4, -0.2) is 36.5 Å². The van der Waals surface area contributed by atoms with Crippen LogP contribution in [0.25, 0.3) is 0 Å². The summed E-state index contributed by atoms with van der Waals surface area (Å²) in [6.45, 7) is 7.87. The van der Waals surface area contributed by atoms with Crippen molar-refractivity contribution in [2.24, 2.45) is 11.3 Å². The summed E-state index contributed by atoms with van der Waals surface area (Å²) in [7, 11) is 2.03. The van der Waals surface area contributed by atoms with Crippen molar-refractivity contribution in [3.05, 3.63) is 0 Å². The average molecular weight is 303 g/mol. The second-order valence-electron chi connectivity index (χ2n) is 7.42. The van der Waals surface area contributed by atoms with E-state index < -0.39 is 0 Å². The Morgan fingerprint density at radius 2 is 1.80 bits per heavy atom. The number of carbonyl (C=O) groups excluding carboxylic acids is 1. The summed E-state index contributed by atoms with van der Waals surface area (Å²) < 4.78 is 0. The zero-order valence-electron chi connectivity index (χ0n) is 13.4. The highest BCUT2D eigenvalue weighted by molar-refractivity contribution is 5.85. The van der Waals surface area contributed by atoms with Crippen molar-refractivity contribution in [1.29, 1.82) is 0 Å². The highest BCUT2D eigenvalue weighted by atomic mass is 35.5. The minimum atomic E-state index is 0. The number of hydrogen-bond acceptors (Lipinski definition) is 2. The van der Waals surface area contributed by atoms with Crippen molar-refractivity contribution in [2.75, 3.05) is 13.6 Å². The summed E-state index contributed by atoms with van der Waals surface area (Å²) >= 11 is 0. The van der Waals surface area contributed by atoms with E-state index in [0.29, 0.717) is 23.4 Å². The van der Waals surface area contributed by atoms with E-state index in [2.05, 4.69) is 31.0 Å². The van der Waals surface area contributed by atoms with E-state index in [9.17, 15) is 4.79 Å². The van der Waals surface area contributed by atoms with Crippen LogP contribution in [0.4, 0.5) is 0 Å². The zero-order valence-corrected chi connectivity index (χ0v) is 14.3. The van der Waals surface area contributed by atoms with E-state index in [0.717, 1.165) is 19.4 Å². The third-order valence-corrected chi connectivity index (χ3v) is 5.18. The van der Waals surface area contributed by atoms with Crippen LogP contribution in [-0.2, 0) is 4.79 Å². The number of nitrogens with zero attached hydrogens (tertiary/aromatic N) is 1.